The molecule has 0 saturated heterocycles. The number of hydrogen-bond donors (Lipinski definition) is 2. The van der Waals surface area contributed by atoms with E-state index >= 15 is 0 Å². The number of nitrogen functional groups attached to an aromatic ring is 1. The standard InChI is InChI=1S/C10H12N4O2/c1-13-7-4-3-6(9(15)12-11)5-8(7)14(2)10(13)16/h3-5H,11H2,1-2H3,(H,12,15). The lowest BCUT2D eigenvalue weighted by Gasteiger charge is -2.00. The first-order valence-electron chi connectivity index (χ1n) is 4.72. The zero-order valence-electron chi connectivity index (χ0n) is 9.02. The van der Waals surface area contributed by atoms with Gasteiger partial charge in [0.25, 0.3) is 5.91 Å². The summed E-state index contributed by atoms with van der Waals surface area (Å²) in [6.45, 7) is 0. The Hall–Kier alpha value is -2.08. The zero-order chi connectivity index (χ0) is 11.9. The van der Waals surface area contributed by atoms with Crippen molar-refractivity contribution in [2.24, 2.45) is 19.9 Å². The summed E-state index contributed by atoms with van der Waals surface area (Å²) in [4.78, 5) is 23.0. The molecule has 84 valence electrons. The quantitative estimate of drug-likeness (QED) is 0.385. The number of rotatable bonds is 1. The van der Waals surface area contributed by atoms with Crippen LogP contribution in [0.1, 0.15) is 10.4 Å². The van der Waals surface area contributed by atoms with Gasteiger partial charge in [-0.05, 0) is 18.2 Å². The molecule has 0 saturated carbocycles. The number of nitrogens with two attached hydrogens (primary N) is 1. The van der Waals surface area contributed by atoms with Gasteiger partial charge in [-0.15, -0.1) is 0 Å². The normalized spacial score (nSPS) is 10.7. The van der Waals surface area contributed by atoms with E-state index in [1.165, 1.54) is 9.13 Å². The minimum atomic E-state index is -0.377. The molecule has 0 aliphatic rings. The average Bonchev–Trinajstić information content (AvgIpc) is 2.53. The van der Waals surface area contributed by atoms with Crippen LogP contribution in [0.5, 0.6) is 0 Å². The fourth-order valence-electron chi connectivity index (χ4n) is 1.73. The van der Waals surface area contributed by atoms with Crippen LogP contribution >= 0.6 is 0 Å². The van der Waals surface area contributed by atoms with E-state index in [0.717, 1.165) is 5.52 Å². The van der Waals surface area contributed by atoms with Gasteiger partial charge in [-0.25, -0.2) is 10.6 Å². The molecule has 2 aromatic rings. The van der Waals surface area contributed by atoms with Crippen LogP contribution in [0.4, 0.5) is 0 Å². The number of aromatic nitrogens is 2. The second kappa shape index (κ2) is 3.49. The summed E-state index contributed by atoms with van der Waals surface area (Å²) in [5.74, 6) is 4.67. The molecule has 6 nitrogen and oxygen atoms in total. The van der Waals surface area contributed by atoms with E-state index in [1.807, 2.05) is 0 Å². The first kappa shape index (κ1) is 10.4. The lowest BCUT2D eigenvalue weighted by atomic mass is 10.2. The molecule has 1 heterocycles. The number of hydrazine groups is 1. The fourth-order valence-corrected chi connectivity index (χ4v) is 1.73. The number of benzene rings is 1. The second-order valence-corrected chi connectivity index (χ2v) is 3.58. The van der Waals surface area contributed by atoms with Crippen molar-refractivity contribution in [1.82, 2.24) is 14.6 Å². The fraction of sp³-hybridized carbons (Fsp3) is 0.200. The summed E-state index contributed by atoms with van der Waals surface area (Å²) in [7, 11) is 3.35. The van der Waals surface area contributed by atoms with Crippen molar-refractivity contribution in [3.8, 4) is 0 Å². The van der Waals surface area contributed by atoms with Crippen molar-refractivity contribution in [2.75, 3.05) is 0 Å². The van der Waals surface area contributed by atoms with Gasteiger partial charge in [0.15, 0.2) is 0 Å². The van der Waals surface area contributed by atoms with Gasteiger partial charge >= 0.3 is 5.69 Å². The van der Waals surface area contributed by atoms with Crippen molar-refractivity contribution < 1.29 is 4.79 Å². The number of amides is 1. The first-order valence-corrected chi connectivity index (χ1v) is 4.72. The number of carbonyl (C=O) groups excluding carboxylic acids is 1. The highest BCUT2D eigenvalue weighted by atomic mass is 16.2. The highest BCUT2D eigenvalue weighted by Crippen LogP contribution is 2.13. The van der Waals surface area contributed by atoms with E-state index in [4.69, 9.17) is 5.84 Å². The maximum atomic E-state index is 11.6. The lowest BCUT2D eigenvalue weighted by molar-refractivity contribution is 0.0954. The number of aryl methyl sites for hydroxylation is 2. The summed E-state index contributed by atoms with van der Waals surface area (Å²) in [6, 6.07) is 4.99. The average molecular weight is 220 g/mol. The maximum absolute atomic E-state index is 11.6. The van der Waals surface area contributed by atoms with Crippen molar-refractivity contribution in [3.63, 3.8) is 0 Å². The molecule has 0 aliphatic carbocycles. The third-order valence-corrected chi connectivity index (χ3v) is 2.67. The van der Waals surface area contributed by atoms with E-state index in [2.05, 4.69) is 5.43 Å². The molecule has 1 aromatic heterocycles. The minimum Gasteiger partial charge on any atom is -0.295 e. The molecule has 3 N–H and O–H groups in total. The summed E-state index contributed by atoms with van der Waals surface area (Å²) >= 11 is 0. The molecular formula is C10H12N4O2. The van der Waals surface area contributed by atoms with Crippen LogP contribution in [-0.4, -0.2) is 15.0 Å². The second-order valence-electron chi connectivity index (χ2n) is 3.58. The number of imidazole rings is 1. The Morgan fingerprint density at radius 2 is 1.88 bits per heavy atom. The Labute approximate surface area is 91.2 Å². The molecule has 1 amide bonds. The Bertz CT molecular complexity index is 624. The third-order valence-electron chi connectivity index (χ3n) is 2.67. The molecule has 0 aliphatic heterocycles. The predicted molar refractivity (Wildman–Crippen MR) is 59.8 cm³/mol. The number of nitrogens with zero attached hydrogens (tertiary/aromatic N) is 2. The first-order chi connectivity index (χ1) is 7.56. The number of nitrogens with one attached hydrogen (secondary N) is 1. The van der Waals surface area contributed by atoms with E-state index in [-0.39, 0.29) is 11.6 Å². The van der Waals surface area contributed by atoms with Gasteiger partial charge in [0, 0.05) is 19.7 Å². The molecular weight excluding hydrogens is 208 g/mol. The van der Waals surface area contributed by atoms with Gasteiger partial charge in [0.05, 0.1) is 11.0 Å². The molecule has 0 spiro atoms. The lowest BCUT2D eigenvalue weighted by Crippen LogP contribution is -2.29. The van der Waals surface area contributed by atoms with E-state index in [0.29, 0.717) is 11.1 Å². The van der Waals surface area contributed by atoms with Gasteiger partial charge in [-0.2, -0.15) is 0 Å². The molecule has 0 bridgehead atoms. The molecule has 2 rings (SSSR count). The van der Waals surface area contributed by atoms with Crippen LogP contribution in [0.2, 0.25) is 0 Å². The van der Waals surface area contributed by atoms with Crippen LogP contribution in [0.15, 0.2) is 23.0 Å². The Balaban J connectivity index is 2.76. The van der Waals surface area contributed by atoms with Crippen molar-refractivity contribution in [1.29, 1.82) is 0 Å². The summed E-state index contributed by atoms with van der Waals surface area (Å²) in [5, 5.41) is 0. The summed E-state index contributed by atoms with van der Waals surface area (Å²) < 4.78 is 3.02. The van der Waals surface area contributed by atoms with Gasteiger partial charge in [0.1, 0.15) is 0 Å². The molecule has 0 fully saturated rings. The van der Waals surface area contributed by atoms with Crippen LogP contribution in [-0.2, 0) is 14.1 Å². The number of carbonyl (C=O) groups is 1. The minimum absolute atomic E-state index is 0.125. The van der Waals surface area contributed by atoms with Gasteiger partial charge in [-0.1, -0.05) is 0 Å². The molecule has 0 atom stereocenters. The highest BCUT2D eigenvalue weighted by molar-refractivity contribution is 5.97. The predicted octanol–water partition coefficient (Wildman–Crippen LogP) is -0.519. The SMILES string of the molecule is Cn1c(=O)n(C)c2cc(C(=O)NN)ccc21. The van der Waals surface area contributed by atoms with Crippen molar-refractivity contribution >= 4 is 16.9 Å². The molecule has 0 radical (unpaired) electrons. The van der Waals surface area contributed by atoms with Gasteiger partial charge < -0.3 is 0 Å². The number of fused-ring (bicyclic) bond motifs is 1. The maximum Gasteiger partial charge on any atom is 0.328 e. The topological polar surface area (TPSA) is 82.0 Å². The smallest absolute Gasteiger partial charge is 0.295 e. The molecule has 16 heavy (non-hydrogen) atoms. The summed E-state index contributed by atoms with van der Waals surface area (Å²) in [6.07, 6.45) is 0. The van der Waals surface area contributed by atoms with E-state index in [9.17, 15) is 9.59 Å². The van der Waals surface area contributed by atoms with Crippen molar-refractivity contribution in [2.45, 2.75) is 0 Å². The monoisotopic (exact) mass is 220 g/mol. The zero-order valence-corrected chi connectivity index (χ0v) is 9.02. The van der Waals surface area contributed by atoms with Crippen LogP contribution in [0.25, 0.3) is 11.0 Å². The molecule has 6 heteroatoms. The van der Waals surface area contributed by atoms with Gasteiger partial charge in [-0.3, -0.25) is 19.4 Å². The van der Waals surface area contributed by atoms with Crippen LogP contribution in [0.3, 0.4) is 0 Å². The van der Waals surface area contributed by atoms with E-state index < -0.39 is 0 Å². The number of hydrogen-bond acceptors (Lipinski definition) is 3. The molecule has 0 unspecified atom stereocenters. The largest absolute Gasteiger partial charge is 0.328 e. The molecule has 1 aromatic carbocycles. The Kier molecular flexibility index (Phi) is 2.28. The van der Waals surface area contributed by atoms with Crippen molar-refractivity contribution in [3.05, 3.63) is 34.2 Å². The highest BCUT2D eigenvalue weighted by Gasteiger charge is 2.10. The van der Waals surface area contributed by atoms with E-state index in [1.54, 1.807) is 32.3 Å². The third kappa shape index (κ3) is 1.31. The summed E-state index contributed by atoms with van der Waals surface area (Å²) in [5.41, 5.74) is 3.84. The van der Waals surface area contributed by atoms with Crippen LogP contribution < -0.4 is 17.0 Å². The van der Waals surface area contributed by atoms with Gasteiger partial charge in [0.2, 0.25) is 0 Å². The Morgan fingerprint density at radius 1 is 1.25 bits per heavy atom. The Morgan fingerprint density at radius 3 is 2.50 bits per heavy atom. The van der Waals surface area contributed by atoms with Crippen LogP contribution in [0, 0.1) is 0 Å².